The largest absolute Gasteiger partial charge is 0.303 e. The van der Waals surface area contributed by atoms with Crippen LogP contribution in [0.15, 0.2) is 0 Å². The van der Waals surface area contributed by atoms with Crippen LogP contribution in [0.2, 0.25) is 0 Å². The molecule has 0 rings (SSSR count). The fourth-order valence-electron chi connectivity index (χ4n) is 0.392. The summed E-state index contributed by atoms with van der Waals surface area (Å²) in [5.41, 5.74) is 0. The van der Waals surface area contributed by atoms with Gasteiger partial charge >= 0.3 is 0 Å². The van der Waals surface area contributed by atoms with E-state index in [4.69, 9.17) is 0 Å². The molecule has 3 heteroatoms. The highest BCUT2D eigenvalue weighted by Gasteiger charge is 1.98. The summed E-state index contributed by atoms with van der Waals surface area (Å²) >= 11 is 3.38. The van der Waals surface area contributed by atoms with Gasteiger partial charge in [-0.2, -0.15) is 0 Å². The Hall–Kier alpha value is 0.920. The van der Waals surface area contributed by atoms with Gasteiger partial charge in [-0.05, 0) is 20.9 Å². The number of alkyl halides is 1. The first-order valence-corrected chi connectivity index (χ1v) is 4.07. The number of hydrogen-bond acceptors (Lipinski definition) is 1. The lowest BCUT2D eigenvalue weighted by Gasteiger charge is -2.18. The van der Waals surface area contributed by atoms with Crippen LogP contribution in [0.4, 0.5) is 0 Å². The summed E-state index contributed by atoms with van der Waals surface area (Å²) in [6, 6.07) is 0.674. The first-order chi connectivity index (χ1) is 3.68. The molecule has 0 aromatic rings. The summed E-state index contributed by atoms with van der Waals surface area (Å²) in [6.07, 6.45) is 0. The average Bonchev–Trinajstić information content (AvgIpc) is 1.67. The fourth-order valence-corrected chi connectivity index (χ4v) is 0.951. The molecule has 0 aliphatic rings. The smallest absolute Gasteiger partial charge is 0.0159 e. The van der Waals surface area contributed by atoms with Crippen LogP contribution in [0.25, 0.3) is 0 Å². The third kappa shape index (κ3) is 6.81. The van der Waals surface area contributed by atoms with Gasteiger partial charge in [0.1, 0.15) is 0 Å². The molecule has 0 aromatic carbocycles. The lowest BCUT2D eigenvalue weighted by Crippen LogP contribution is -2.27. The molecule has 0 fully saturated rings. The zero-order valence-corrected chi connectivity index (χ0v) is 9.52. The third-order valence-corrected chi connectivity index (χ3v) is 1.67. The van der Waals surface area contributed by atoms with Gasteiger partial charge < -0.3 is 4.90 Å². The quantitative estimate of drug-likeness (QED) is 0.704. The maximum atomic E-state index is 3.38. The van der Waals surface area contributed by atoms with Crippen LogP contribution >= 0.6 is 32.9 Å². The second-order valence-electron chi connectivity index (χ2n) is 2.26. The van der Waals surface area contributed by atoms with Crippen molar-refractivity contribution >= 4 is 32.9 Å². The minimum atomic E-state index is 0. The Kier molecular flexibility index (Phi) is 9.83. The summed E-state index contributed by atoms with van der Waals surface area (Å²) in [7, 11) is 2.13. The summed E-state index contributed by atoms with van der Waals surface area (Å²) in [5.74, 6) is 0. The van der Waals surface area contributed by atoms with Crippen LogP contribution in [0, 0.1) is 0 Å². The predicted molar refractivity (Wildman–Crippen MR) is 51.9 cm³/mol. The molecule has 0 aliphatic carbocycles. The Bertz CT molecular complexity index is 57.0. The zero-order chi connectivity index (χ0) is 6.57. The molecule has 0 atom stereocenters. The van der Waals surface area contributed by atoms with Crippen molar-refractivity contribution in [2.75, 3.05) is 18.9 Å². The Balaban J connectivity index is 0. The highest BCUT2D eigenvalue weighted by atomic mass is 79.9. The summed E-state index contributed by atoms with van der Waals surface area (Å²) in [6.45, 7) is 5.53. The minimum Gasteiger partial charge on any atom is -0.303 e. The van der Waals surface area contributed by atoms with E-state index in [-0.39, 0.29) is 17.0 Å². The molecule has 0 N–H and O–H groups in total. The highest BCUT2D eigenvalue weighted by Crippen LogP contribution is 1.93. The van der Waals surface area contributed by atoms with Gasteiger partial charge in [0.2, 0.25) is 0 Å². The molecule has 0 heterocycles. The first kappa shape index (κ1) is 12.6. The first-order valence-electron chi connectivity index (χ1n) is 2.94. The Morgan fingerprint density at radius 1 is 1.44 bits per heavy atom. The monoisotopic (exact) mass is 259 g/mol. The van der Waals surface area contributed by atoms with E-state index < -0.39 is 0 Å². The van der Waals surface area contributed by atoms with Crippen molar-refractivity contribution in [3.63, 3.8) is 0 Å². The maximum Gasteiger partial charge on any atom is 0.0159 e. The normalized spacial score (nSPS) is 10.0. The molecule has 0 radical (unpaired) electrons. The van der Waals surface area contributed by atoms with E-state index in [1.54, 1.807) is 0 Å². The Morgan fingerprint density at radius 2 is 1.89 bits per heavy atom. The van der Waals surface area contributed by atoms with E-state index in [1.807, 2.05) is 0 Å². The van der Waals surface area contributed by atoms with Crippen molar-refractivity contribution in [1.82, 2.24) is 4.90 Å². The van der Waals surface area contributed by atoms with Crippen LogP contribution in [0.1, 0.15) is 13.8 Å². The molecule has 0 aliphatic heterocycles. The van der Waals surface area contributed by atoms with Crippen molar-refractivity contribution < 1.29 is 0 Å². The van der Waals surface area contributed by atoms with Crippen LogP contribution in [0.5, 0.6) is 0 Å². The Labute approximate surface area is 76.7 Å². The number of nitrogens with zero attached hydrogens (tertiary/aromatic N) is 1. The molecule has 1 nitrogen and oxygen atoms in total. The second kappa shape index (κ2) is 7.03. The van der Waals surface area contributed by atoms with E-state index in [1.165, 1.54) is 0 Å². The highest BCUT2D eigenvalue weighted by molar-refractivity contribution is 9.09. The maximum absolute atomic E-state index is 3.38. The molecule has 0 saturated heterocycles. The third-order valence-electron chi connectivity index (χ3n) is 1.32. The van der Waals surface area contributed by atoms with Crippen molar-refractivity contribution in [2.45, 2.75) is 19.9 Å². The van der Waals surface area contributed by atoms with E-state index in [2.05, 4.69) is 41.7 Å². The van der Waals surface area contributed by atoms with Crippen LogP contribution < -0.4 is 0 Å². The van der Waals surface area contributed by atoms with E-state index in [0.717, 1.165) is 11.9 Å². The fraction of sp³-hybridized carbons (Fsp3) is 1.00. The van der Waals surface area contributed by atoms with Crippen molar-refractivity contribution in [3.05, 3.63) is 0 Å². The lowest BCUT2D eigenvalue weighted by atomic mass is 10.3. The number of rotatable bonds is 3. The zero-order valence-electron chi connectivity index (χ0n) is 6.22. The van der Waals surface area contributed by atoms with Gasteiger partial charge in [0.05, 0.1) is 0 Å². The molecular formula is C6H15Br2N. The van der Waals surface area contributed by atoms with E-state index in [9.17, 15) is 0 Å². The minimum absolute atomic E-state index is 0. The molecular weight excluding hydrogens is 246 g/mol. The van der Waals surface area contributed by atoms with Crippen LogP contribution in [0.3, 0.4) is 0 Å². The van der Waals surface area contributed by atoms with Gasteiger partial charge in [0.25, 0.3) is 0 Å². The number of hydrogen-bond donors (Lipinski definition) is 0. The topological polar surface area (TPSA) is 3.24 Å². The van der Waals surface area contributed by atoms with Gasteiger partial charge in [-0.3, -0.25) is 0 Å². The second-order valence-corrected chi connectivity index (χ2v) is 3.06. The van der Waals surface area contributed by atoms with Gasteiger partial charge in [-0.25, -0.2) is 0 Å². The summed E-state index contributed by atoms with van der Waals surface area (Å²) in [5, 5.41) is 1.07. The average molecular weight is 261 g/mol. The van der Waals surface area contributed by atoms with Crippen LogP contribution in [-0.4, -0.2) is 29.9 Å². The van der Waals surface area contributed by atoms with Crippen LogP contribution in [-0.2, 0) is 0 Å². The standard InChI is InChI=1S/C6H14BrN.BrH/c1-6(2)8(3)5-4-7;/h6H,4-5H2,1-3H3;1H. The molecule has 0 spiro atoms. The van der Waals surface area contributed by atoms with Gasteiger partial charge in [0, 0.05) is 17.9 Å². The summed E-state index contributed by atoms with van der Waals surface area (Å²) < 4.78 is 0. The number of halogens is 2. The molecule has 9 heavy (non-hydrogen) atoms. The SMILES string of the molecule is Br.CC(C)N(C)CCBr. The van der Waals surface area contributed by atoms with Crippen molar-refractivity contribution in [3.8, 4) is 0 Å². The molecule has 0 saturated carbocycles. The van der Waals surface area contributed by atoms with Crippen molar-refractivity contribution in [1.29, 1.82) is 0 Å². The van der Waals surface area contributed by atoms with Crippen molar-refractivity contribution in [2.24, 2.45) is 0 Å². The molecule has 0 amide bonds. The Morgan fingerprint density at radius 3 is 2.00 bits per heavy atom. The van der Waals surface area contributed by atoms with E-state index in [0.29, 0.717) is 6.04 Å². The molecule has 58 valence electrons. The van der Waals surface area contributed by atoms with Gasteiger partial charge in [0.15, 0.2) is 0 Å². The lowest BCUT2D eigenvalue weighted by molar-refractivity contribution is 0.292. The van der Waals surface area contributed by atoms with E-state index >= 15 is 0 Å². The van der Waals surface area contributed by atoms with Gasteiger partial charge in [-0.15, -0.1) is 17.0 Å². The molecule has 0 unspecified atom stereocenters. The van der Waals surface area contributed by atoms with Gasteiger partial charge in [-0.1, -0.05) is 15.9 Å². The predicted octanol–water partition coefficient (Wildman–Crippen LogP) is 2.30. The molecule has 0 aromatic heterocycles. The molecule has 0 bridgehead atoms. The summed E-state index contributed by atoms with van der Waals surface area (Å²) in [4.78, 5) is 2.30.